The summed E-state index contributed by atoms with van der Waals surface area (Å²) in [6.45, 7) is 9.78. The van der Waals surface area contributed by atoms with Crippen molar-refractivity contribution >= 4 is 0 Å². The van der Waals surface area contributed by atoms with Crippen LogP contribution in [-0.4, -0.2) is 61.5 Å². The number of unbranched alkanes of at least 4 members (excludes halogenated alkanes) is 1. The van der Waals surface area contributed by atoms with Crippen LogP contribution < -0.4 is 5.32 Å². The Morgan fingerprint density at radius 1 is 1.22 bits per heavy atom. The summed E-state index contributed by atoms with van der Waals surface area (Å²) in [5.74, 6) is 0. The number of aliphatic hydroxyl groups is 1. The first-order valence-corrected chi connectivity index (χ1v) is 7.41. The summed E-state index contributed by atoms with van der Waals surface area (Å²) in [5, 5.41) is 13.2. The third-order valence-corrected chi connectivity index (χ3v) is 3.25. The molecule has 1 fully saturated rings. The van der Waals surface area contributed by atoms with Crippen molar-refractivity contribution in [1.29, 1.82) is 0 Å². The van der Waals surface area contributed by atoms with E-state index >= 15 is 0 Å². The zero-order valence-corrected chi connectivity index (χ0v) is 12.0. The Kier molecular flexibility index (Phi) is 8.59. The largest absolute Gasteiger partial charge is 0.390 e. The second-order valence-electron chi connectivity index (χ2n) is 5.49. The van der Waals surface area contributed by atoms with Gasteiger partial charge in [-0.15, -0.1) is 0 Å². The SMILES string of the molecule is CC(C)OCCCCNCC(O)CN1CCCC1. The standard InChI is InChI=1S/C14H30N2O2/c1-13(2)18-10-6-3-7-15-11-14(17)12-16-8-4-5-9-16/h13-15,17H,3-12H2,1-2H3. The highest BCUT2D eigenvalue weighted by Crippen LogP contribution is 2.07. The number of hydrogen-bond acceptors (Lipinski definition) is 4. The van der Waals surface area contributed by atoms with Gasteiger partial charge in [-0.25, -0.2) is 0 Å². The minimum Gasteiger partial charge on any atom is -0.390 e. The monoisotopic (exact) mass is 258 g/mol. The van der Waals surface area contributed by atoms with E-state index in [1.807, 2.05) is 0 Å². The van der Waals surface area contributed by atoms with E-state index in [2.05, 4.69) is 24.1 Å². The topological polar surface area (TPSA) is 44.7 Å². The quantitative estimate of drug-likeness (QED) is 0.579. The van der Waals surface area contributed by atoms with Crippen LogP contribution in [0.3, 0.4) is 0 Å². The van der Waals surface area contributed by atoms with Crippen LogP contribution in [-0.2, 0) is 4.74 Å². The van der Waals surface area contributed by atoms with Crippen molar-refractivity contribution in [3.63, 3.8) is 0 Å². The minimum atomic E-state index is -0.227. The van der Waals surface area contributed by atoms with E-state index in [9.17, 15) is 5.11 Å². The van der Waals surface area contributed by atoms with E-state index in [4.69, 9.17) is 4.74 Å². The van der Waals surface area contributed by atoms with Crippen molar-refractivity contribution in [3.05, 3.63) is 0 Å². The zero-order valence-electron chi connectivity index (χ0n) is 12.0. The fourth-order valence-corrected chi connectivity index (χ4v) is 2.27. The van der Waals surface area contributed by atoms with Gasteiger partial charge in [-0.2, -0.15) is 0 Å². The molecule has 1 aliphatic rings. The van der Waals surface area contributed by atoms with Crippen LogP contribution in [0, 0.1) is 0 Å². The Labute approximate surface area is 112 Å². The lowest BCUT2D eigenvalue weighted by atomic mass is 10.3. The highest BCUT2D eigenvalue weighted by molar-refractivity contribution is 4.71. The molecule has 1 rings (SSSR count). The first kappa shape index (κ1) is 15.9. The van der Waals surface area contributed by atoms with Crippen LogP contribution in [0.2, 0.25) is 0 Å². The second kappa shape index (κ2) is 9.73. The van der Waals surface area contributed by atoms with E-state index in [0.717, 1.165) is 45.6 Å². The van der Waals surface area contributed by atoms with Crippen LogP contribution in [0.5, 0.6) is 0 Å². The molecule has 0 aromatic heterocycles. The van der Waals surface area contributed by atoms with Crippen molar-refractivity contribution in [2.75, 3.05) is 39.3 Å². The summed E-state index contributed by atoms with van der Waals surface area (Å²) >= 11 is 0. The molecule has 1 heterocycles. The molecule has 1 aliphatic heterocycles. The van der Waals surface area contributed by atoms with Gasteiger partial charge in [0.15, 0.2) is 0 Å². The Morgan fingerprint density at radius 2 is 1.94 bits per heavy atom. The van der Waals surface area contributed by atoms with Gasteiger partial charge in [0, 0.05) is 19.7 Å². The maximum absolute atomic E-state index is 9.86. The van der Waals surface area contributed by atoms with Gasteiger partial charge in [0.05, 0.1) is 12.2 Å². The lowest BCUT2D eigenvalue weighted by Gasteiger charge is -2.19. The number of ether oxygens (including phenoxy) is 1. The molecule has 0 saturated carbocycles. The molecule has 1 atom stereocenters. The first-order chi connectivity index (χ1) is 8.68. The molecule has 1 unspecified atom stereocenters. The van der Waals surface area contributed by atoms with Crippen LogP contribution in [0.1, 0.15) is 39.5 Å². The lowest BCUT2D eigenvalue weighted by molar-refractivity contribution is 0.0757. The van der Waals surface area contributed by atoms with Crippen LogP contribution in [0.25, 0.3) is 0 Å². The van der Waals surface area contributed by atoms with Crippen molar-refractivity contribution in [3.8, 4) is 0 Å². The lowest BCUT2D eigenvalue weighted by Crippen LogP contribution is -2.37. The molecule has 0 spiro atoms. The van der Waals surface area contributed by atoms with E-state index < -0.39 is 0 Å². The first-order valence-electron chi connectivity index (χ1n) is 7.41. The molecule has 0 radical (unpaired) electrons. The predicted molar refractivity (Wildman–Crippen MR) is 74.9 cm³/mol. The summed E-state index contributed by atoms with van der Waals surface area (Å²) < 4.78 is 5.47. The zero-order chi connectivity index (χ0) is 13.2. The number of rotatable bonds is 10. The Balaban J connectivity index is 1.84. The van der Waals surface area contributed by atoms with Gasteiger partial charge >= 0.3 is 0 Å². The van der Waals surface area contributed by atoms with Gasteiger partial charge < -0.3 is 20.1 Å². The summed E-state index contributed by atoms with van der Waals surface area (Å²) in [6.07, 6.45) is 4.89. The van der Waals surface area contributed by atoms with Gasteiger partial charge in [-0.1, -0.05) is 0 Å². The normalized spacial score (nSPS) is 18.7. The summed E-state index contributed by atoms with van der Waals surface area (Å²) in [7, 11) is 0. The average Bonchev–Trinajstić information content (AvgIpc) is 2.80. The molecular weight excluding hydrogens is 228 g/mol. The number of aliphatic hydroxyl groups excluding tert-OH is 1. The number of β-amino-alcohol motifs (C(OH)–C–C–N with tert-alkyl or cyclic N) is 1. The maximum Gasteiger partial charge on any atom is 0.0791 e. The summed E-state index contributed by atoms with van der Waals surface area (Å²) in [6, 6.07) is 0. The fourth-order valence-electron chi connectivity index (χ4n) is 2.27. The molecule has 0 aromatic rings. The van der Waals surface area contributed by atoms with Gasteiger partial charge in [-0.3, -0.25) is 0 Å². The number of nitrogens with one attached hydrogen (secondary N) is 1. The Morgan fingerprint density at radius 3 is 2.61 bits per heavy atom. The van der Waals surface area contributed by atoms with Crippen molar-refractivity contribution in [2.24, 2.45) is 0 Å². The van der Waals surface area contributed by atoms with Gasteiger partial charge in [0.1, 0.15) is 0 Å². The molecule has 0 aromatic carbocycles. The predicted octanol–water partition coefficient (Wildman–Crippen LogP) is 1.24. The van der Waals surface area contributed by atoms with Crippen LogP contribution in [0.4, 0.5) is 0 Å². The molecule has 1 saturated heterocycles. The Hall–Kier alpha value is -0.160. The van der Waals surface area contributed by atoms with E-state index in [1.165, 1.54) is 12.8 Å². The fraction of sp³-hybridized carbons (Fsp3) is 1.00. The third kappa shape index (κ3) is 8.03. The highest BCUT2D eigenvalue weighted by Gasteiger charge is 2.14. The van der Waals surface area contributed by atoms with E-state index in [1.54, 1.807) is 0 Å². The van der Waals surface area contributed by atoms with Crippen molar-refractivity contribution < 1.29 is 9.84 Å². The van der Waals surface area contributed by atoms with E-state index in [0.29, 0.717) is 12.6 Å². The van der Waals surface area contributed by atoms with Gasteiger partial charge in [0.2, 0.25) is 0 Å². The summed E-state index contributed by atoms with van der Waals surface area (Å²) in [5.41, 5.74) is 0. The number of hydrogen-bond donors (Lipinski definition) is 2. The molecule has 108 valence electrons. The maximum atomic E-state index is 9.86. The smallest absolute Gasteiger partial charge is 0.0791 e. The second-order valence-corrected chi connectivity index (χ2v) is 5.49. The van der Waals surface area contributed by atoms with E-state index in [-0.39, 0.29) is 6.10 Å². The minimum absolute atomic E-state index is 0.227. The third-order valence-electron chi connectivity index (χ3n) is 3.25. The van der Waals surface area contributed by atoms with Crippen LogP contribution in [0.15, 0.2) is 0 Å². The average molecular weight is 258 g/mol. The van der Waals surface area contributed by atoms with Gasteiger partial charge in [-0.05, 0) is 59.2 Å². The van der Waals surface area contributed by atoms with Gasteiger partial charge in [0.25, 0.3) is 0 Å². The molecule has 4 heteroatoms. The number of likely N-dealkylation sites (tertiary alicyclic amines) is 1. The number of nitrogens with zero attached hydrogens (tertiary/aromatic N) is 1. The molecule has 18 heavy (non-hydrogen) atoms. The van der Waals surface area contributed by atoms with Crippen molar-refractivity contribution in [1.82, 2.24) is 10.2 Å². The van der Waals surface area contributed by atoms with Crippen molar-refractivity contribution in [2.45, 2.75) is 51.7 Å². The molecule has 0 aliphatic carbocycles. The molecule has 0 amide bonds. The molecule has 0 bridgehead atoms. The Bertz CT molecular complexity index is 194. The summed E-state index contributed by atoms with van der Waals surface area (Å²) in [4.78, 5) is 2.35. The molecule has 4 nitrogen and oxygen atoms in total. The highest BCUT2D eigenvalue weighted by atomic mass is 16.5. The molecular formula is C14H30N2O2. The molecule has 2 N–H and O–H groups in total. The van der Waals surface area contributed by atoms with Crippen LogP contribution >= 0.6 is 0 Å².